The number of hydrogen-bond donors (Lipinski definition) is 1. The van der Waals surface area contributed by atoms with Crippen molar-refractivity contribution in [2.45, 2.75) is 45.6 Å². The summed E-state index contributed by atoms with van der Waals surface area (Å²) in [5.74, 6) is 1.66. The third-order valence-electron chi connectivity index (χ3n) is 3.68. The maximum absolute atomic E-state index is 5.83. The Morgan fingerprint density at radius 3 is 2.81 bits per heavy atom. The van der Waals surface area contributed by atoms with E-state index in [1.54, 1.807) is 0 Å². The van der Waals surface area contributed by atoms with Crippen LogP contribution in [0.25, 0.3) is 0 Å². The molecule has 2 rings (SSSR count). The molecular weight excluding hydrogens is 266 g/mol. The molecule has 0 radical (unpaired) electrons. The first-order valence-electron chi connectivity index (χ1n) is 8.05. The molecule has 4 nitrogen and oxygen atoms in total. The van der Waals surface area contributed by atoms with E-state index in [2.05, 4.69) is 31.3 Å². The van der Waals surface area contributed by atoms with Gasteiger partial charge in [-0.3, -0.25) is 0 Å². The molecule has 1 unspecified atom stereocenters. The first kappa shape index (κ1) is 16.1. The van der Waals surface area contributed by atoms with Gasteiger partial charge in [-0.25, -0.2) is 0 Å². The fourth-order valence-electron chi connectivity index (χ4n) is 2.48. The summed E-state index contributed by atoms with van der Waals surface area (Å²) in [4.78, 5) is 0. The Kier molecular flexibility index (Phi) is 6.83. The van der Waals surface area contributed by atoms with E-state index in [0.717, 1.165) is 31.1 Å². The molecule has 21 heavy (non-hydrogen) atoms. The van der Waals surface area contributed by atoms with E-state index in [4.69, 9.17) is 14.2 Å². The van der Waals surface area contributed by atoms with Crippen molar-refractivity contribution in [2.24, 2.45) is 0 Å². The van der Waals surface area contributed by atoms with Gasteiger partial charge in [-0.2, -0.15) is 0 Å². The summed E-state index contributed by atoms with van der Waals surface area (Å²) in [6.45, 7) is 7.10. The van der Waals surface area contributed by atoms with Crippen LogP contribution in [0.3, 0.4) is 0 Å². The molecule has 0 amide bonds. The molecule has 0 saturated carbocycles. The largest absolute Gasteiger partial charge is 0.454 e. The standard InChI is InChI=1S/C17H27NO3/c1-3-5-6-7-10-19-12-15(18-4-2)14-8-9-16-17(11-14)21-13-20-16/h8-9,11,15,18H,3-7,10,12-13H2,1-2H3. The Morgan fingerprint density at radius 1 is 1.14 bits per heavy atom. The van der Waals surface area contributed by atoms with E-state index in [1.807, 2.05) is 6.07 Å². The highest BCUT2D eigenvalue weighted by Gasteiger charge is 2.17. The zero-order valence-electron chi connectivity index (χ0n) is 13.2. The van der Waals surface area contributed by atoms with Crippen molar-refractivity contribution in [3.63, 3.8) is 0 Å². The number of unbranched alkanes of at least 4 members (excludes halogenated alkanes) is 3. The van der Waals surface area contributed by atoms with Gasteiger partial charge in [-0.05, 0) is 30.7 Å². The minimum atomic E-state index is 0.204. The van der Waals surface area contributed by atoms with Gasteiger partial charge in [0.2, 0.25) is 6.79 Å². The van der Waals surface area contributed by atoms with Gasteiger partial charge in [0.05, 0.1) is 12.6 Å². The smallest absolute Gasteiger partial charge is 0.231 e. The van der Waals surface area contributed by atoms with Crippen molar-refractivity contribution >= 4 is 0 Å². The molecule has 1 aliphatic rings. The third kappa shape index (κ3) is 4.90. The lowest BCUT2D eigenvalue weighted by atomic mass is 10.1. The maximum Gasteiger partial charge on any atom is 0.231 e. The third-order valence-corrected chi connectivity index (χ3v) is 3.68. The summed E-state index contributed by atoms with van der Waals surface area (Å²) in [7, 11) is 0. The van der Waals surface area contributed by atoms with Crippen LogP contribution in [-0.2, 0) is 4.74 Å². The summed E-state index contributed by atoms with van der Waals surface area (Å²) in [6, 6.07) is 6.32. The normalized spacial score (nSPS) is 14.4. The van der Waals surface area contributed by atoms with Gasteiger partial charge in [0.25, 0.3) is 0 Å². The lowest BCUT2D eigenvalue weighted by molar-refractivity contribution is 0.108. The summed E-state index contributed by atoms with van der Waals surface area (Å²) in [6.07, 6.45) is 4.96. The summed E-state index contributed by atoms with van der Waals surface area (Å²) >= 11 is 0. The van der Waals surface area contributed by atoms with E-state index >= 15 is 0 Å². The van der Waals surface area contributed by atoms with Crippen LogP contribution in [-0.4, -0.2) is 26.6 Å². The van der Waals surface area contributed by atoms with Crippen LogP contribution < -0.4 is 14.8 Å². The molecule has 0 fully saturated rings. The summed E-state index contributed by atoms with van der Waals surface area (Å²) in [5.41, 5.74) is 1.19. The van der Waals surface area contributed by atoms with Crippen molar-refractivity contribution < 1.29 is 14.2 Å². The summed E-state index contributed by atoms with van der Waals surface area (Å²) < 4.78 is 16.6. The second kappa shape index (κ2) is 8.90. The Labute approximate surface area is 127 Å². The van der Waals surface area contributed by atoms with Gasteiger partial charge < -0.3 is 19.5 Å². The number of likely N-dealkylation sites (N-methyl/N-ethyl adjacent to an activating group) is 1. The second-order valence-corrected chi connectivity index (χ2v) is 5.36. The van der Waals surface area contributed by atoms with Crippen LogP contribution in [0.1, 0.15) is 51.1 Å². The van der Waals surface area contributed by atoms with E-state index in [0.29, 0.717) is 13.4 Å². The van der Waals surface area contributed by atoms with Gasteiger partial charge in [0, 0.05) is 6.61 Å². The van der Waals surface area contributed by atoms with Gasteiger partial charge >= 0.3 is 0 Å². The van der Waals surface area contributed by atoms with Gasteiger partial charge in [-0.1, -0.05) is 39.2 Å². The Bertz CT molecular complexity index is 422. The maximum atomic E-state index is 5.83. The topological polar surface area (TPSA) is 39.7 Å². The van der Waals surface area contributed by atoms with Crippen molar-refractivity contribution in [2.75, 3.05) is 26.6 Å². The van der Waals surface area contributed by atoms with Crippen LogP contribution in [0.2, 0.25) is 0 Å². The predicted molar refractivity (Wildman–Crippen MR) is 83.9 cm³/mol. The van der Waals surface area contributed by atoms with Crippen LogP contribution in [0, 0.1) is 0 Å². The molecule has 1 aliphatic heterocycles. The molecule has 0 saturated heterocycles. The molecular formula is C17H27NO3. The number of hydrogen-bond acceptors (Lipinski definition) is 4. The minimum absolute atomic E-state index is 0.204. The summed E-state index contributed by atoms with van der Waals surface area (Å²) in [5, 5.41) is 3.47. The molecule has 118 valence electrons. The zero-order chi connectivity index (χ0) is 14.9. The van der Waals surface area contributed by atoms with Crippen LogP contribution in [0.15, 0.2) is 18.2 Å². The minimum Gasteiger partial charge on any atom is -0.454 e. The molecule has 1 aromatic rings. The number of nitrogens with one attached hydrogen (secondary N) is 1. The van der Waals surface area contributed by atoms with E-state index in [9.17, 15) is 0 Å². The highest BCUT2D eigenvalue weighted by atomic mass is 16.7. The molecule has 4 heteroatoms. The highest BCUT2D eigenvalue weighted by Crippen LogP contribution is 2.34. The lowest BCUT2D eigenvalue weighted by Gasteiger charge is -2.19. The number of ether oxygens (including phenoxy) is 3. The average molecular weight is 293 g/mol. The van der Waals surface area contributed by atoms with Crippen molar-refractivity contribution in [3.05, 3.63) is 23.8 Å². The molecule has 1 aromatic carbocycles. The van der Waals surface area contributed by atoms with Crippen molar-refractivity contribution in [1.29, 1.82) is 0 Å². The van der Waals surface area contributed by atoms with Crippen LogP contribution in [0.4, 0.5) is 0 Å². The Morgan fingerprint density at radius 2 is 2.00 bits per heavy atom. The molecule has 1 heterocycles. The first-order chi connectivity index (χ1) is 10.3. The first-order valence-corrected chi connectivity index (χ1v) is 8.05. The van der Waals surface area contributed by atoms with E-state index in [1.165, 1.54) is 24.8 Å². The molecule has 1 N–H and O–H groups in total. The fraction of sp³-hybridized carbons (Fsp3) is 0.647. The van der Waals surface area contributed by atoms with Gasteiger partial charge in [0.1, 0.15) is 0 Å². The van der Waals surface area contributed by atoms with Crippen LogP contribution in [0.5, 0.6) is 11.5 Å². The number of fused-ring (bicyclic) bond motifs is 1. The van der Waals surface area contributed by atoms with Gasteiger partial charge in [-0.15, -0.1) is 0 Å². The van der Waals surface area contributed by atoms with Gasteiger partial charge in [0.15, 0.2) is 11.5 Å². The Hall–Kier alpha value is -1.26. The number of benzene rings is 1. The van der Waals surface area contributed by atoms with Crippen LogP contribution >= 0.6 is 0 Å². The molecule has 1 atom stereocenters. The fourth-order valence-corrected chi connectivity index (χ4v) is 2.48. The number of rotatable bonds is 10. The second-order valence-electron chi connectivity index (χ2n) is 5.36. The highest BCUT2D eigenvalue weighted by molar-refractivity contribution is 5.45. The predicted octanol–water partition coefficient (Wildman–Crippen LogP) is 3.66. The molecule has 0 aliphatic carbocycles. The quantitative estimate of drug-likeness (QED) is 0.668. The zero-order valence-corrected chi connectivity index (χ0v) is 13.2. The van der Waals surface area contributed by atoms with E-state index in [-0.39, 0.29) is 6.04 Å². The monoisotopic (exact) mass is 293 g/mol. The van der Waals surface area contributed by atoms with Crippen molar-refractivity contribution in [1.82, 2.24) is 5.32 Å². The lowest BCUT2D eigenvalue weighted by Crippen LogP contribution is -2.25. The Balaban J connectivity index is 1.83. The molecule has 0 bridgehead atoms. The van der Waals surface area contributed by atoms with E-state index < -0.39 is 0 Å². The van der Waals surface area contributed by atoms with Crippen molar-refractivity contribution in [3.8, 4) is 11.5 Å². The average Bonchev–Trinajstić information content (AvgIpc) is 2.97. The molecule has 0 spiro atoms. The SMILES string of the molecule is CCCCCCOCC(NCC)c1ccc2c(c1)OCO2. The molecule has 0 aromatic heterocycles.